The van der Waals surface area contributed by atoms with Gasteiger partial charge in [0.05, 0.1) is 22.4 Å². The first-order valence-electron chi connectivity index (χ1n) is 10.8. The number of pyridine rings is 1. The lowest BCUT2D eigenvalue weighted by Gasteiger charge is -2.14. The van der Waals surface area contributed by atoms with Gasteiger partial charge in [-0.05, 0) is 48.0 Å². The van der Waals surface area contributed by atoms with Crippen LogP contribution < -0.4 is 15.3 Å². The summed E-state index contributed by atoms with van der Waals surface area (Å²) in [5, 5.41) is 3.92. The van der Waals surface area contributed by atoms with Gasteiger partial charge in [-0.15, -0.1) is 0 Å². The Kier molecular flexibility index (Phi) is 6.27. The molecule has 0 aliphatic rings. The predicted octanol–water partition coefficient (Wildman–Crippen LogP) is 5.98. The first-order valence-corrected chi connectivity index (χ1v) is 11.5. The van der Waals surface area contributed by atoms with Gasteiger partial charge in [0.25, 0.3) is 11.5 Å². The Morgan fingerprint density at radius 1 is 1.00 bits per heavy atom. The molecule has 3 N–H and O–H groups in total. The lowest BCUT2D eigenvalue weighted by Crippen LogP contribution is -2.20. The number of hydrogen-bond acceptors (Lipinski definition) is 4. The molecule has 1 amide bonds. The number of fused-ring (bicyclic) bond motifs is 1. The summed E-state index contributed by atoms with van der Waals surface area (Å²) in [5.74, 6) is -0.0301. The molecule has 0 aliphatic carbocycles. The van der Waals surface area contributed by atoms with Crippen LogP contribution in [0.1, 0.15) is 15.9 Å². The summed E-state index contributed by atoms with van der Waals surface area (Å²) in [6, 6.07) is 23.2. The van der Waals surface area contributed by atoms with Crippen LogP contribution in [-0.2, 0) is 6.54 Å². The number of anilines is 2. The van der Waals surface area contributed by atoms with E-state index < -0.39 is 0 Å². The standard InChI is InChI=1S/C26H19Cl2N5O2/c27-18-9-4-6-16(14-18)15-30-19-12-13-29-25(34)22(19)24-31-20-10-5-11-21(23(20)32-24)33(28)26(35)17-7-2-1-3-8-17/h1-14H,15H2,(H,31,32)(H2,29,30,34). The number of hydrogen-bond donors (Lipinski definition) is 3. The van der Waals surface area contributed by atoms with Crippen LogP contribution in [0.3, 0.4) is 0 Å². The molecular weight excluding hydrogens is 485 g/mol. The number of halogens is 2. The molecule has 5 rings (SSSR count). The van der Waals surface area contributed by atoms with E-state index in [4.69, 9.17) is 23.4 Å². The zero-order valence-electron chi connectivity index (χ0n) is 18.3. The Labute approximate surface area is 210 Å². The van der Waals surface area contributed by atoms with Crippen LogP contribution in [0.2, 0.25) is 5.02 Å². The van der Waals surface area contributed by atoms with Gasteiger partial charge in [-0.1, -0.05) is 48.0 Å². The minimum Gasteiger partial charge on any atom is -0.380 e. The molecule has 0 radical (unpaired) electrons. The zero-order valence-corrected chi connectivity index (χ0v) is 19.8. The summed E-state index contributed by atoms with van der Waals surface area (Å²) in [6.45, 7) is 0.462. The monoisotopic (exact) mass is 503 g/mol. The highest BCUT2D eigenvalue weighted by Crippen LogP contribution is 2.31. The van der Waals surface area contributed by atoms with Crippen LogP contribution >= 0.6 is 23.4 Å². The molecule has 7 nitrogen and oxygen atoms in total. The van der Waals surface area contributed by atoms with Crippen molar-refractivity contribution in [3.05, 3.63) is 112 Å². The Bertz CT molecular complexity index is 1580. The van der Waals surface area contributed by atoms with E-state index in [1.165, 1.54) is 0 Å². The molecule has 3 aromatic carbocycles. The van der Waals surface area contributed by atoms with E-state index in [1.807, 2.05) is 24.3 Å². The number of aromatic amines is 2. The number of benzene rings is 3. The van der Waals surface area contributed by atoms with E-state index in [-0.39, 0.29) is 11.5 Å². The molecule has 0 bridgehead atoms. The lowest BCUT2D eigenvalue weighted by molar-refractivity contribution is 0.101. The number of H-pyrrole nitrogens is 2. The van der Waals surface area contributed by atoms with Crippen molar-refractivity contribution >= 4 is 51.7 Å². The average molecular weight is 504 g/mol. The summed E-state index contributed by atoms with van der Waals surface area (Å²) >= 11 is 12.6. The van der Waals surface area contributed by atoms with Gasteiger partial charge in [0.2, 0.25) is 0 Å². The molecule has 5 aromatic rings. The number of aromatic nitrogens is 3. The number of para-hydroxylation sites is 1. The van der Waals surface area contributed by atoms with Crippen LogP contribution in [0.4, 0.5) is 11.4 Å². The van der Waals surface area contributed by atoms with Crippen molar-refractivity contribution in [2.75, 3.05) is 9.74 Å². The summed E-state index contributed by atoms with van der Waals surface area (Å²) < 4.78 is 1.05. The van der Waals surface area contributed by atoms with E-state index in [2.05, 4.69) is 20.3 Å². The molecule has 0 spiro atoms. The maximum atomic E-state index is 12.9. The molecule has 2 aromatic heterocycles. The van der Waals surface area contributed by atoms with Gasteiger partial charge in [0.15, 0.2) is 0 Å². The van der Waals surface area contributed by atoms with Crippen LogP contribution in [0.15, 0.2) is 89.9 Å². The third kappa shape index (κ3) is 4.64. The van der Waals surface area contributed by atoms with Crippen molar-refractivity contribution in [3.63, 3.8) is 0 Å². The highest BCUT2D eigenvalue weighted by atomic mass is 35.5. The zero-order chi connectivity index (χ0) is 24.4. The SMILES string of the molecule is O=C(c1ccccc1)N(Cl)c1cccc2nc(-c3c(NCc4cccc(Cl)c4)cc[nH]c3=O)[nH]c12. The van der Waals surface area contributed by atoms with Crippen molar-refractivity contribution in [3.8, 4) is 11.4 Å². The van der Waals surface area contributed by atoms with E-state index in [9.17, 15) is 9.59 Å². The molecule has 0 saturated carbocycles. The summed E-state index contributed by atoms with van der Waals surface area (Å²) in [7, 11) is 0. The second kappa shape index (κ2) is 9.66. The first-order chi connectivity index (χ1) is 17.0. The van der Waals surface area contributed by atoms with E-state index in [1.54, 1.807) is 60.8 Å². The second-order valence-corrected chi connectivity index (χ2v) is 8.56. The van der Waals surface area contributed by atoms with Crippen molar-refractivity contribution in [2.45, 2.75) is 6.54 Å². The van der Waals surface area contributed by atoms with Gasteiger partial charge in [0, 0.05) is 35.1 Å². The van der Waals surface area contributed by atoms with Gasteiger partial charge in [0.1, 0.15) is 11.4 Å². The van der Waals surface area contributed by atoms with Gasteiger partial charge >= 0.3 is 0 Å². The fourth-order valence-corrected chi connectivity index (χ4v) is 4.26. The van der Waals surface area contributed by atoms with Gasteiger partial charge < -0.3 is 15.3 Å². The molecule has 174 valence electrons. The number of carbonyl (C=O) groups excluding carboxylic acids is 1. The number of nitrogens with one attached hydrogen (secondary N) is 3. The topological polar surface area (TPSA) is 93.9 Å². The summed E-state index contributed by atoms with van der Waals surface area (Å²) in [4.78, 5) is 36.2. The van der Waals surface area contributed by atoms with Crippen LogP contribution in [0, 0.1) is 0 Å². The maximum absolute atomic E-state index is 12.9. The molecular formula is C26H19Cl2N5O2. The van der Waals surface area contributed by atoms with Gasteiger partial charge in [-0.2, -0.15) is 0 Å². The predicted molar refractivity (Wildman–Crippen MR) is 140 cm³/mol. The van der Waals surface area contributed by atoms with Crippen LogP contribution in [-0.4, -0.2) is 20.9 Å². The maximum Gasteiger partial charge on any atom is 0.272 e. The minimum atomic E-state index is -0.377. The summed E-state index contributed by atoms with van der Waals surface area (Å²) in [5.41, 5.74) is 3.56. The fraction of sp³-hybridized carbons (Fsp3) is 0.0385. The van der Waals surface area contributed by atoms with Crippen molar-refractivity contribution in [1.82, 2.24) is 15.0 Å². The Balaban J connectivity index is 1.52. The first kappa shape index (κ1) is 22.7. The van der Waals surface area contributed by atoms with Gasteiger partial charge in [-0.3, -0.25) is 9.59 Å². The Hall–Kier alpha value is -4.07. The molecule has 0 aliphatic heterocycles. The average Bonchev–Trinajstić information content (AvgIpc) is 3.31. The molecule has 0 atom stereocenters. The Morgan fingerprint density at radius 3 is 2.60 bits per heavy atom. The smallest absolute Gasteiger partial charge is 0.272 e. The second-order valence-electron chi connectivity index (χ2n) is 7.79. The highest BCUT2D eigenvalue weighted by molar-refractivity contribution is 6.40. The van der Waals surface area contributed by atoms with E-state index >= 15 is 0 Å². The van der Waals surface area contributed by atoms with Crippen molar-refractivity contribution < 1.29 is 4.79 Å². The van der Waals surface area contributed by atoms with Gasteiger partial charge in [-0.25, -0.2) is 9.40 Å². The molecule has 0 saturated heterocycles. The van der Waals surface area contributed by atoms with Crippen molar-refractivity contribution in [1.29, 1.82) is 0 Å². The van der Waals surface area contributed by atoms with E-state index in [0.717, 1.165) is 9.98 Å². The number of nitrogens with zero attached hydrogens (tertiary/aromatic N) is 2. The van der Waals surface area contributed by atoms with E-state index in [0.29, 0.717) is 50.9 Å². The number of imidazole rings is 1. The number of amides is 1. The quantitative estimate of drug-likeness (QED) is 0.248. The third-order valence-corrected chi connectivity index (χ3v) is 6.05. The van der Waals surface area contributed by atoms with Crippen LogP contribution in [0.25, 0.3) is 22.4 Å². The Morgan fingerprint density at radius 2 is 1.80 bits per heavy atom. The normalized spacial score (nSPS) is 10.9. The molecule has 9 heteroatoms. The summed E-state index contributed by atoms with van der Waals surface area (Å²) in [6.07, 6.45) is 1.57. The minimum absolute atomic E-state index is 0.315. The highest BCUT2D eigenvalue weighted by Gasteiger charge is 2.21. The largest absolute Gasteiger partial charge is 0.380 e. The number of rotatable bonds is 6. The molecule has 2 heterocycles. The molecule has 0 fully saturated rings. The third-order valence-electron chi connectivity index (χ3n) is 5.48. The number of carbonyl (C=O) groups is 1. The molecule has 0 unspecified atom stereocenters. The fourth-order valence-electron chi connectivity index (χ4n) is 3.81. The van der Waals surface area contributed by atoms with Crippen molar-refractivity contribution in [2.24, 2.45) is 0 Å². The van der Waals surface area contributed by atoms with Crippen LogP contribution in [0.5, 0.6) is 0 Å². The lowest BCUT2D eigenvalue weighted by atomic mass is 10.2. The molecule has 35 heavy (non-hydrogen) atoms.